The highest BCUT2D eigenvalue weighted by Crippen LogP contribution is 2.25. The van der Waals surface area contributed by atoms with E-state index in [0.717, 1.165) is 13.1 Å². The maximum absolute atomic E-state index is 3.60. The van der Waals surface area contributed by atoms with Gasteiger partial charge in [-0.05, 0) is 44.5 Å². The molecule has 0 radical (unpaired) electrons. The average Bonchev–Trinajstić information content (AvgIpc) is 2.33. The summed E-state index contributed by atoms with van der Waals surface area (Å²) in [5.74, 6) is 0. The molecule has 0 aromatic heterocycles. The third kappa shape index (κ3) is 2.58. The van der Waals surface area contributed by atoms with Crippen LogP contribution in [0.15, 0.2) is 22.7 Å². The van der Waals surface area contributed by atoms with Crippen molar-refractivity contribution in [2.75, 3.05) is 25.0 Å². The van der Waals surface area contributed by atoms with E-state index in [4.69, 9.17) is 0 Å². The number of anilines is 1. The van der Waals surface area contributed by atoms with Gasteiger partial charge in [-0.1, -0.05) is 22.0 Å². The fourth-order valence-electron chi connectivity index (χ4n) is 2.20. The topological polar surface area (TPSA) is 15.3 Å². The molecule has 1 aromatic rings. The van der Waals surface area contributed by atoms with E-state index in [1.165, 1.54) is 28.6 Å². The monoisotopic (exact) mass is 282 g/mol. The second-order valence-corrected chi connectivity index (χ2v) is 5.34. The summed E-state index contributed by atoms with van der Waals surface area (Å²) < 4.78 is 1.21. The molecule has 1 aliphatic heterocycles. The first-order chi connectivity index (χ1) is 7.70. The fourth-order valence-corrected chi connectivity index (χ4v) is 2.57. The first-order valence-corrected chi connectivity index (χ1v) is 6.68. The molecule has 1 N–H and O–H groups in total. The Morgan fingerprint density at radius 2 is 2.00 bits per heavy atom. The molecule has 1 fully saturated rings. The number of aryl methyl sites for hydroxylation is 1. The number of rotatable bonds is 2. The molecule has 1 aromatic carbocycles. The van der Waals surface area contributed by atoms with Gasteiger partial charge in [-0.2, -0.15) is 0 Å². The molecule has 0 aliphatic carbocycles. The molecule has 0 unspecified atom stereocenters. The normalized spacial score (nSPS) is 17.8. The number of hydrogen-bond acceptors (Lipinski definition) is 2. The van der Waals surface area contributed by atoms with Crippen molar-refractivity contribution < 1.29 is 0 Å². The molecule has 16 heavy (non-hydrogen) atoms. The Morgan fingerprint density at radius 3 is 2.56 bits per heavy atom. The first kappa shape index (κ1) is 11.9. The Hall–Kier alpha value is -0.540. The maximum atomic E-state index is 3.60. The third-order valence-corrected chi connectivity index (χ3v) is 4.28. The standard InChI is InChI=1S/C13H19BrN2/c1-10-3-4-12(9-13(10)14)16-7-5-11(15-2)6-8-16/h3-4,9,11,15H,5-8H2,1-2H3. The minimum Gasteiger partial charge on any atom is -0.371 e. The Bertz CT molecular complexity index is 357. The lowest BCUT2D eigenvalue weighted by Gasteiger charge is -2.33. The van der Waals surface area contributed by atoms with Gasteiger partial charge in [0, 0.05) is 29.3 Å². The van der Waals surface area contributed by atoms with Crippen molar-refractivity contribution >= 4 is 21.6 Å². The Kier molecular flexibility index (Phi) is 3.87. The van der Waals surface area contributed by atoms with Gasteiger partial charge in [-0.15, -0.1) is 0 Å². The van der Waals surface area contributed by atoms with Crippen LogP contribution in [0.25, 0.3) is 0 Å². The van der Waals surface area contributed by atoms with Crippen molar-refractivity contribution in [2.24, 2.45) is 0 Å². The van der Waals surface area contributed by atoms with E-state index in [1.54, 1.807) is 0 Å². The summed E-state index contributed by atoms with van der Waals surface area (Å²) in [6, 6.07) is 7.34. The fraction of sp³-hybridized carbons (Fsp3) is 0.538. The predicted octanol–water partition coefficient (Wildman–Crippen LogP) is 2.95. The molecule has 0 bridgehead atoms. The Balaban J connectivity index is 2.05. The Labute approximate surface area is 106 Å². The summed E-state index contributed by atoms with van der Waals surface area (Å²) in [5, 5.41) is 3.36. The van der Waals surface area contributed by atoms with Gasteiger partial charge in [-0.3, -0.25) is 0 Å². The van der Waals surface area contributed by atoms with E-state index < -0.39 is 0 Å². The molecule has 2 rings (SSSR count). The predicted molar refractivity (Wildman–Crippen MR) is 73.2 cm³/mol. The first-order valence-electron chi connectivity index (χ1n) is 5.89. The molecular formula is C13H19BrN2. The van der Waals surface area contributed by atoms with E-state index >= 15 is 0 Å². The number of nitrogens with zero attached hydrogens (tertiary/aromatic N) is 1. The SMILES string of the molecule is CNC1CCN(c2ccc(C)c(Br)c2)CC1. The summed E-state index contributed by atoms with van der Waals surface area (Å²) in [4.78, 5) is 2.47. The average molecular weight is 283 g/mol. The van der Waals surface area contributed by atoms with Crippen LogP contribution < -0.4 is 10.2 Å². The number of piperidine rings is 1. The van der Waals surface area contributed by atoms with Crippen molar-refractivity contribution in [1.82, 2.24) is 5.32 Å². The molecule has 0 saturated carbocycles. The number of hydrogen-bond donors (Lipinski definition) is 1. The lowest BCUT2D eigenvalue weighted by molar-refractivity contribution is 0.442. The minimum atomic E-state index is 0.699. The number of halogens is 1. The highest BCUT2D eigenvalue weighted by Gasteiger charge is 2.17. The molecule has 88 valence electrons. The van der Waals surface area contributed by atoms with Crippen molar-refractivity contribution in [3.8, 4) is 0 Å². The van der Waals surface area contributed by atoms with Gasteiger partial charge in [0.15, 0.2) is 0 Å². The van der Waals surface area contributed by atoms with Crippen molar-refractivity contribution in [2.45, 2.75) is 25.8 Å². The van der Waals surface area contributed by atoms with Crippen LogP contribution >= 0.6 is 15.9 Å². The molecule has 1 heterocycles. The summed E-state index contributed by atoms with van der Waals surface area (Å²) >= 11 is 3.60. The van der Waals surface area contributed by atoms with Gasteiger partial charge in [0.25, 0.3) is 0 Å². The van der Waals surface area contributed by atoms with Crippen molar-refractivity contribution in [3.63, 3.8) is 0 Å². The number of nitrogens with one attached hydrogen (secondary N) is 1. The molecule has 0 amide bonds. The smallest absolute Gasteiger partial charge is 0.0377 e. The zero-order chi connectivity index (χ0) is 11.5. The summed E-state index contributed by atoms with van der Waals surface area (Å²) in [5.41, 5.74) is 2.64. The van der Waals surface area contributed by atoms with Gasteiger partial charge in [-0.25, -0.2) is 0 Å². The maximum Gasteiger partial charge on any atom is 0.0377 e. The van der Waals surface area contributed by atoms with Gasteiger partial charge >= 0.3 is 0 Å². The largest absolute Gasteiger partial charge is 0.371 e. The quantitative estimate of drug-likeness (QED) is 0.897. The highest BCUT2D eigenvalue weighted by molar-refractivity contribution is 9.10. The summed E-state index contributed by atoms with van der Waals surface area (Å²) in [6.45, 7) is 4.43. The molecule has 3 heteroatoms. The van der Waals surface area contributed by atoms with E-state index in [2.05, 4.69) is 58.3 Å². The minimum absolute atomic E-state index is 0.699. The summed E-state index contributed by atoms with van der Waals surface area (Å²) in [6.07, 6.45) is 2.48. The van der Waals surface area contributed by atoms with Gasteiger partial charge < -0.3 is 10.2 Å². The summed E-state index contributed by atoms with van der Waals surface area (Å²) in [7, 11) is 2.06. The van der Waals surface area contributed by atoms with Crippen LogP contribution in [-0.4, -0.2) is 26.2 Å². The molecule has 1 saturated heterocycles. The van der Waals surface area contributed by atoms with Crippen molar-refractivity contribution in [3.05, 3.63) is 28.2 Å². The van der Waals surface area contributed by atoms with Crippen LogP contribution in [-0.2, 0) is 0 Å². The van der Waals surface area contributed by atoms with Gasteiger partial charge in [0.05, 0.1) is 0 Å². The molecule has 1 aliphatic rings. The lowest BCUT2D eigenvalue weighted by atomic mass is 10.0. The lowest BCUT2D eigenvalue weighted by Crippen LogP contribution is -2.41. The number of benzene rings is 1. The zero-order valence-electron chi connectivity index (χ0n) is 9.96. The van der Waals surface area contributed by atoms with Gasteiger partial charge in [0.2, 0.25) is 0 Å². The molecule has 2 nitrogen and oxygen atoms in total. The van der Waals surface area contributed by atoms with E-state index in [0.29, 0.717) is 6.04 Å². The van der Waals surface area contributed by atoms with Crippen LogP contribution in [0.2, 0.25) is 0 Å². The van der Waals surface area contributed by atoms with Crippen LogP contribution in [0.3, 0.4) is 0 Å². The molecule has 0 spiro atoms. The molecular weight excluding hydrogens is 264 g/mol. The van der Waals surface area contributed by atoms with E-state index in [1.807, 2.05) is 0 Å². The second kappa shape index (κ2) is 5.19. The van der Waals surface area contributed by atoms with Crippen LogP contribution in [0.4, 0.5) is 5.69 Å². The van der Waals surface area contributed by atoms with E-state index in [-0.39, 0.29) is 0 Å². The van der Waals surface area contributed by atoms with Crippen LogP contribution in [0.1, 0.15) is 18.4 Å². The second-order valence-electron chi connectivity index (χ2n) is 4.48. The zero-order valence-corrected chi connectivity index (χ0v) is 11.5. The van der Waals surface area contributed by atoms with Crippen LogP contribution in [0.5, 0.6) is 0 Å². The van der Waals surface area contributed by atoms with Gasteiger partial charge in [0.1, 0.15) is 0 Å². The van der Waals surface area contributed by atoms with Crippen LogP contribution in [0, 0.1) is 6.92 Å². The Morgan fingerprint density at radius 1 is 1.31 bits per heavy atom. The highest BCUT2D eigenvalue weighted by atomic mass is 79.9. The van der Waals surface area contributed by atoms with Crippen molar-refractivity contribution in [1.29, 1.82) is 0 Å². The third-order valence-electron chi connectivity index (χ3n) is 3.42. The molecule has 0 atom stereocenters. The van der Waals surface area contributed by atoms with E-state index in [9.17, 15) is 0 Å².